The molecule has 1 aromatic carbocycles. The molecule has 0 amide bonds. The third-order valence-corrected chi connectivity index (χ3v) is 6.29. The van der Waals surface area contributed by atoms with E-state index < -0.39 is 5.82 Å². The van der Waals surface area contributed by atoms with E-state index in [1.165, 1.54) is 18.5 Å². The highest BCUT2D eigenvalue weighted by atomic mass is 19.1. The molecular weight excluding hydrogens is 469 g/mol. The topological polar surface area (TPSA) is 104 Å². The number of rotatable bonds is 3. The van der Waals surface area contributed by atoms with E-state index in [1.807, 2.05) is 13.0 Å². The third-order valence-electron chi connectivity index (χ3n) is 6.29. The molecule has 0 aliphatic carbocycles. The van der Waals surface area contributed by atoms with Gasteiger partial charge in [0, 0.05) is 23.4 Å². The number of ether oxygens (including phenoxy) is 1. The Hall–Kier alpha value is -4.84. The number of nitrogens with zero attached hydrogens (tertiary/aromatic N) is 6. The van der Waals surface area contributed by atoms with E-state index in [-0.39, 0.29) is 11.8 Å². The van der Waals surface area contributed by atoms with Crippen molar-refractivity contribution < 1.29 is 9.13 Å². The van der Waals surface area contributed by atoms with Gasteiger partial charge in [0.05, 0.1) is 16.8 Å². The number of aliphatic imine (C=N–C) groups is 2. The summed E-state index contributed by atoms with van der Waals surface area (Å²) >= 11 is 0. The number of aromatic nitrogens is 4. The van der Waals surface area contributed by atoms with Crippen molar-refractivity contribution in [2.45, 2.75) is 33.2 Å². The summed E-state index contributed by atoms with van der Waals surface area (Å²) in [7, 11) is 0. The number of nitrogens with two attached hydrogens (primary N) is 1. The number of hydrogen-bond donors (Lipinski definition) is 1. The highest BCUT2D eigenvalue weighted by molar-refractivity contribution is 6.08. The number of benzene rings is 1. The zero-order chi connectivity index (χ0) is 26.1. The van der Waals surface area contributed by atoms with Gasteiger partial charge in [0.25, 0.3) is 0 Å². The van der Waals surface area contributed by atoms with Gasteiger partial charge in [0.2, 0.25) is 0 Å². The Morgan fingerprint density at radius 2 is 2.14 bits per heavy atom. The second-order valence-corrected chi connectivity index (χ2v) is 8.50. The number of amidine groups is 1. The molecule has 0 radical (unpaired) electrons. The summed E-state index contributed by atoms with van der Waals surface area (Å²) in [5.41, 5.74) is 12.2. The highest BCUT2D eigenvalue weighted by Crippen LogP contribution is 2.45. The van der Waals surface area contributed by atoms with Crippen molar-refractivity contribution in [1.29, 1.82) is 0 Å². The molecule has 1 aliphatic rings. The van der Waals surface area contributed by atoms with Crippen molar-refractivity contribution in [2.24, 2.45) is 9.98 Å². The lowest BCUT2D eigenvalue weighted by molar-refractivity contribution is 0.486. The van der Waals surface area contributed by atoms with E-state index in [4.69, 9.17) is 16.9 Å². The average molecular weight is 494 g/mol. The standard InChI is InChI=1S/C28H24FN7O/c1-5-16(3)34-28(31-4)37-22-12-9-17(14-20(22)29)23-24-26(30)32-15-33-27(24)36-13-7-8-21-19(25(23)36)11-10-18(6-2)35-21/h2,5,9-12,14-15H,4,7-8,13H2,1,3H3,(H2,30,32,33)/b16-5-,34-28?. The molecule has 5 rings (SSSR count). The van der Waals surface area contributed by atoms with Crippen molar-refractivity contribution >= 4 is 29.6 Å². The smallest absolute Gasteiger partial charge is 0.321 e. The molecule has 37 heavy (non-hydrogen) atoms. The molecule has 0 unspecified atom stereocenters. The highest BCUT2D eigenvalue weighted by Gasteiger charge is 2.27. The van der Waals surface area contributed by atoms with Gasteiger partial charge in [-0.2, -0.15) is 0 Å². The van der Waals surface area contributed by atoms with Crippen LogP contribution in [0.25, 0.3) is 33.4 Å². The molecule has 0 fully saturated rings. The molecule has 2 N–H and O–H groups in total. The average Bonchev–Trinajstić information content (AvgIpc) is 3.12. The van der Waals surface area contributed by atoms with Gasteiger partial charge in [0.15, 0.2) is 11.6 Å². The Kier molecular flexibility index (Phi) is 6.24. The van der Waals surface area contributed by atoms with E-state index in [1.54, 1.807) is 25.1 Å². The minimum absolute atomic E-state index is 0.0293. The maximum absolute atomic E-state index is 15.4. The van der Waals surface area contributed by atoms with Gasteiger partial charge >= 0.3 is 6.02 Å². The van der Waals surface area contributed by atoms with Gasteiger partial charge in [-0.1, -0.05) is 18.1 Å². The lowest BCUT2D eigenvalue weighted by Gasteiger charge is -2.12. The van der Waals surface area contributed by atoms with Gasteiger partial charge < -0.3 is 15.0 Å². The molecule has 8 nitrogen and oxygen atoms in total. The van der Waals surface area contributed by atoms with Crippen LogP contribution < -0.4 is 10.5 Å². The van der Waals surface area contributed by atoms with E-state index in [9.17, 15) is 0 Å². The molecule has 4 heterocycles. The fourth-order valence-electron chi connectivity index (χ4n) is 4.51. The van der Waals surface area contributed by atoms with Crippen LogP contribution in [0.2, 0.25) is 0 Å². The Morgan fingerprint density at radius 3 is 2.86 bits per heavy atom. The molecule has 0 spiro atoms. The van der Waals surface area contributed by atoms with Crippen LogP contribution in [0.5, 0.6) is 5.75 Å². The monoisotopic (exact) mass is 493 g/mol. The Balaban J connectivity index is 1.72. The summed E-state index contributed by atoms with van der Waals surface area (Å²) in [6.45, 7) is 7.76. The van der Waals surface area contributed by atoms with Crippen LogP contribution in [0.3, 0.4) is 0 Å². The predicted octanol–water partition coefficient (Wildman–Crippen LogP) is 5.17. The number of anilines is 1. The van der Waals surface area contributed by atoms with Gasteiger partial charge in [-0.25, -0.2) is 29.3 Å². The van der Waals surface area contributed by atoms with Crippen LogP contribution in [0.1, 0.15) is 31.7 Å². The number of allylic oxidation sites excluding steroid dienone is 2. The summed E-state index contributed by atoms with van der Waals surface area (Å²) in [5, 5.41) is 0.651. The van der Waals surface area contributed by atoms with Crippen LogP contribution in [-0.2, 0) is 13.0 Å². The number of hydrogen-bond acceptors (Lipinski definition) is 6. The SMILES string of the molecule is C#Cc1ccc2c(n1)CCCn1c-2c(-c2ccc(OC(N=C)=N/C(C)=C\C)c(F)c2)c2c(N)ncnc21. The number of nitrogen functional groups attached to an aromatic ring is 1. The Bertz CT molecular complexity index is 1660. The van der Waals surface area contributed by atoms with Gasteiger partial charge in [0.1, 0.15) is 23.5 Å². The molecule has 0 saturated heterocycles. The number of aryl methyl sites for hydroxylation is 2. The van der Waals surface area contributed by atoms with Gasteiger partial charge in [-0.3, -0.25) is 0 Å². The molecule has 0 atom stereocenters. The lowest BCUT2D eigenvalue weighted by atomic mass is 9.97. The first kappa shape index (κ1) is 23.9. The second kappa shape index (κ2) is 9.66. The molecule has 0 saturated carbocycles. The summed E-state index contributed by atoms with van der Waals surface area (Å²) in [4.78, 5) is 21.4. The minimum Gasteiger partial charge on any atom is -0.421 e. The van der Waals surface area contributed by atoms with E-state index in [0.717, 1.165) is 35.4 Å². The van der Waals surface area contributed by atoms with Crippen LogP contribution >= 0.6 is 0 Å². The first-order valence-electron chi connectivity index (χ1n) is 11.7. The molecular formula is C28H24FN7O. The van der Waals surface area contributed by atoms with E-state index in [2.05, 4.69) is 42.1 Å². The minimum atomic E-state index is -0.592. The van der Waals surface area contributed by atoms with Gasteiger partial charge in [-0.15, -0.1) is 6.42 Å². The fourth-order valence-corrected chi connectivity index (χ4v) is 4.51. The fraction of sp³-hybridized carbons (Fsp3) is 0.179. The van der Waals surface area contributed by atoms with Crippen LogP contribution in [0.4, 0.5) is 10.2 Å². The third kappa shape index (κ3) is 4.23. The summed E-state index contributed by atoms with van der Waals surface area (Å²) in [6.07, 6.45) is 10.4. The lowest BCUT2D eigenvalue weighted by Crippen LogP contribution is -2.06. The van der Waals surface area contributed by atoms with Crippen molar-refractivity contribution in [3.8, 4) is 40.5 Å². The van der Waals surface area contributed by atoms with Crippen molar-refractivity contribution in [3.63, 3.8) is 0 Å². The Labute approximate surface area is 213 Å². The van der Waals surface area contributed by atoms with Crippen LogP contribution in [-0.4, -0.2) is 32.3 Å². The first-order valence-corrected chi connectivity index (χ1v) is 11.7. The number of pyridine rings is 1. The summed E-state index contributed by atoms with van der Waals surface area (Å²) < 4.78 is 23.1. The van der Waals surface area contributed by atoms with Crippen molar-refractivity contribution in [2.75, 3.05) is 5.73 Å². The zero-order valence-electron chi connectivity index (χ0n) is 20.5. The number of terminal acetylenes is 1. The van der Waals surface area contributed by atoms with E-state index in [0.29, 0.717) is 40.4 Å². The maximum Gasteiger partial charge on any atom is 0.321 e. The van der Waals surface area contributed by atoms with Crippen molar-refractivity contribution in [3.05, 3.63) is 65.6 Å². The zero-order valence-corrected chi connectivity index (χ0v) is 20.5. The number of fused-ring (bicyclic) bond motifs is 5. The molecule has 4 aromatic rings. The maximum atomic E-state index is 15.4. The summed E-state index contributed by atoms with van der Waals surface area (Å²) in [6, 6.07) is 8.40. The Morgan fingerprint density at radius 1 is 1.30 bits per heavy atom. The summed E-state index contributed by atoms with van der Waals surface area (Å²) in [5.74, 6) is 2.29. The number of halogens is 1. The molecule has 0 bridgehead atoms. The largest absolute Gasteiger partial charge is 0.421 e. The van der Waals surface area contributed by atoms with Crippen molar-refractivity contribution in [1.82, 2.24) is 19.5 Å². The molecule has 184 valence electrons. The predicted molar refractivity (Wildman–Crippen MR) is 144 cm³/mol. The van der Waals surface area contributed by atoms with Gasteiger partial charge in [-0.05, 0) is 63.2 Å². The molecule has 9 heteroatoms. The second-order valence-electron chi connectivity index (χ2n) is 8.50. The molecule has 1 aliphatic heterocycles. The normalized spacial score (nSPS) is 13.5. The quantitative estimate of drug-likeness (QED) is 0.241. The van der Waals surface area contributed by atoms with Crippen LogP contribution in [0.15, 0.2) is 58.4 Å². The first-order chi connectivity index (χ1) is 17.9. The van der Waals surface area contributed by atoms with Crippen LogP contribution in [0, 0.1) is 18.2 Å². The molecule has 3 aromatic heterocycles. The van der Waals surface area contributed by atoms with E-state index >= 15 is 4.39 Å².